The van der Waals surface area contributed by atoms with Crippen molar-refractivity contribution in [1.29, 1.82) is 0 Å². The molecule has 0 aromatic carbocycles. The molecular formula is C11H21NO3. The minimum Gasteiger partial charge on any atom is -0.466 e. The number of carbonyl (C=O) groups is 2. The zero-order valence-corrected chi connectivity index (χ0v) is 9.84. The highest BCUT2D eigenvalue weighted by molar-refractivity contribution is 5.81. The predicted octanol–water partition coefficient (Wildman–Crippen LogP) is 1.49. The van der Waals surface area contributed by atoms with Crippen LogP contribution in [0.2, 0.25) is 0 Å². The fourth-order valence-corrected chi connectivity index (χ4v) is 0.970. The molecule has 0 fully saturated rings. The van der Waals surface area contributed by atoms with Crippen LogP contribution in [0.1, 0.15) is 40.0 Å². The van der Waals surface area contributed by atoms with Crippen molar-refractivity contribution in [2.45, 2.75) is 40.0 Å². The fourth-order valence-electron chi connectivity index (χ4n) is 0.970. The van der Waals surface area contributed by atoms with Gasteiger partial charge in [0.05, 0.1) is 13.0 Å². The summed E-state index contributed by atoms with van der Waals surface area (Å²) in [7, 11) is 0. The molecule has 0 saturated heterocycles. The normalized spacial score (nSPS) is 11.9. The Labute approximate surface area is 91.4 Å². The molecule has 0 aliphatic heterocycles. The zero-order chi connectivity index (χ0) is 11.7. The van der Waals surface area contributed by atoms with Crippen molar-refractivity contribution in [2.24, 2.45) is 5.92 Å². The van der Waals surface area contributed by atoms with Gasteiger partial charge in [0.2, 0.25) is 5.91 Å². The summed E-state index contributed by atoms with van der Waals surface area (Å²) < 4.78 is 4.72. The van der Waals surface area contributed by atoms with Crippen LogP contribution in [0.15, 0.2) is 0 Å². The number of hydrogen-bond acceptors (Lipinski definition) is 3. The first-order chi connectivity index (χ1) is 7.10. The summed E-state index contributed by atoms with van der Waals surface area (Å²) in [5.74, 6) is 0.0936. The molecule has 1 N–H and O–H groups in total. The summed E-state index contributed by atoms with van der Waals surface area (Å²) in [5.41, 5.74) is 0. The summed E-state index contributed by atoms with van der Waals surface area (Å²) in [6.07, 6.45) is 1.42. The molecule has 0 aliphatic rings. The molecule has 0 radical (unpaired) electrons. The van der Waals surface area contributed by atoms with Crippen LogP contribution in [0.4, 0.5) is 0 Å². The van der Waals surface area contributed by atoms with Crippen LogP contribution < -0.4 is 5.32 Å². The molecule has 0 bridgehead atoms. The average Bonchev–Trinajstić information content (AvgIpc) is 2.23. The summed E-state index contributed by atoms with van der Waals surface area (Å²) in [6.45, 7) is 6.95. The second kappa shape index (κ2) is 8.26. The average molecular weight is 215 g/mol. The summed E-state index contributed by atoms with van der Waals surface area (Å²) in [6, 6.07) is 0. The first kappa shape index (κ1) is 13.9. The van der Waals surface area contributed by atoms with Gasteiger partial charge in [0, 0.05) is 13.0 Å². The van der Waals surface area contributed by atoms with Crippen LogP contribution in [0.5, 0.6) is 0 Å². The van der Waals surface area contributed by atoms with Gasteiger partial charge in [-0.3, -0.25) is 9.59 Å². The Bertz CT molecular complexity index is 204. The van der Waals surface area contributed by atoms with Crippen LogP contribution in [-0.2, 0) is 14.3 Å². The second-order valence-corrected chi connectivity index (χ2v) is 3.62. The van der Waals surface area contributed by atoms with Gasteiger partial charge < -0.3 is 10.1 Å². The van der Waals surface area contributed by atoms with Crippen molar-refractivity contribution >= 4 is 11.9 Å². The van der Waals surface area contributed by atoms with E-state index in [1.165, 1.54) is 0 Å². The van der Waals surface area contributed by atoms with Crippen LogP contribution in [0, 0.1) is 5.92 Å². The van der Waals surface area contributed by atoms with Crippen LogP contribution in [0.25, 0.3) is 0 Å². The molecule has 0 saturated carbocycles. The second-order valence-electron chi connectivity index (χ2n) is 3.62. The summed E-state index contributed by atoms with van der Waals surface area (Å²) >= 11 is 0. The number of carbonyl (C=O) groups excluding carboxylic acids is 2. The Morgan fingerprint density at radius 3 is 2.47 bits per heavy atom. The summed E-state index contributed by atoms with van der Waals surface area (Å²) in [4.78, 5) is 22.2. The Kier molecular flexibility index (Phi) is 7.68. The van der Waals surface area contributed by atoms with Crippen LogP contribution in [0.3, 0.4) is 0 Å². The smallest absolute Gasteiger partial charge is 0.306 e. The van der Waals surface area contributed by atoms with E-state index in [0.717, 1.165) is 6.42 Å². The SMILES string of the molecule is CCOC(=O)CCC(=O)NCC(C)CC. The van der Waals surface area contributed by atoms with Crippen molar-refractivity contribution in [3.8, 4) is 0 Å². The fraction of sp³-hybridized carbons (Fsp3) is 0.818. The van der Waals surface area contributed by atoms with Gasteiger partial charge in [-0.1, -0.05) is 20.3 Å². The molecular weight excluding hydrogens is 194 g/mol. The van der Waals surface area contributed by atoms with Crippen LogP contribution >= 0.6 is 0 Å². The van der Waals surface area contributed by atoms with Gasteiger partial charge in [-0.15, -0.1) is 0 Å². The number of amides is 1. The topological polar surface area (TPSA) is 55.4 Å². The molecule has 4 heteroatoms. The number of ether oxygens (including phenoxy) is 1. The molecule has 0 rings (SSSR count). The molecule has 4 nitrogen and oxygen atoms in total. The van der Waals surface area contributed by atoms with E-state index in [1.807, 2.05) is 0 Å². The molecule has 1 amide bonds. The monoisotopic (exact) mass is 215 g/mol. The first-order valence-corrected chi connectivity index (χ1v) is 5.52. The first-order valence-electron chi connectivity index (χ1n) is 5.52. The van der Waals surface area contributed by atoms with E-state index in [2.05, 4.69) is 19.2 Å². The lowest BCUT2D eigenvalue weighted by Crippen LogP contribution is -2.28. The number of hydrogen-bond donors (Lipinski definition) is 1. The highest BCUT2D eigenvalue weighted by atomic mass is 16.5. The quantitative estimate of drug-likeness (QED) is 0.655. The molecule has 0 spiro atoms. The maximum atomic E-state index is 11.3. The number of esters is 1. The number of rotatable bonds is 7. The van der Waals surface area contributed by atoms with Crippen molar-refractivity contribution in [1.82, 2.24) is 5.32 Å². The van der Waals surface area contributed by atoms with E-state index >= 15 is 0 Å². The Morgan fingerprint density at radius 2 is 1.93 bits per heavy atom. The largest absolute Gasteiger partial charge is 0.466 e. The minimum atomic E-state index is -0.309. The third kappa shape index (κ3) is 7.97. The minimum absolute atomic E-state index is 0.0802. The number of nitrogens with one attached hydrogen (secondary N) is 1. The third-order valence-electron chi connectivity index (χ3n) is 2.21. The molecule has 15 heavy (non-hydrogen) atoms. The maximum absolute atomic E-state index is 11.3. The molecule has 1 atom stereocenters. The van der Waals surface area contributed by atoms with Crippen LogP contribution in [-0.4, -0.2) is 25.0 Å². The molecule has 1 unspecified atom stereocenters. The molecule has 0 aliphatic carbocycles. The van der Waals surface area contributed by atoms with Crippen molar-refractivity contribution in [2.75, 3.05) is 13.2 Å². The van der Waals surface area contributed by atoms with E-state index in [-0.39, 0.29) is 24.7 Å². The highest BCUT2D eigenvalue weighted by Crippen LogP contribution is 1.98. The van der Waals surface area contributed by atoms with Gasteiger partial charge in [0.25, 0.3) is 0 Å². The standard InChI is InChI=1S/C11H21NO3/c1-4-9(3)8-12-10(13)6-7-11(14)15-5-2/h9H,4-8H2,1-3H3,(H,12,13). The summed E-state index contributed by atoms with van der Waals surface area (Å²) in [5, 5.41) is 2.78. The van der Waals surface area contributed by atoms with Gasteiger partial charge >= 0.3 is 5.97 Å². The van der Waals surface area contributed by atoms with Crippen molar-refractivity contribution in [3.63, 3.8) is 0 Å². The Morgan fingerprint density at radius 1 is 1.27 bits per heavy atom. The van der Waals surface area contributed by atoms with Gasteiger partial charge in [-0.05, 0) is 12.8 Å². The zero-order valence-electron chi connectivity index (χ0n) is 9.84. The molecule has 0 aromatic rings. The van der Waals surface area contributed by atoms with Gasteiger partial charge in [-0.2, -0.15) is 0 Å². The van der Waals surface area contributed by atoms with Crippen molar-refractivity contribution in [3.05, 3.63) is 0 Å². The highest BCUT2D eigenvalue weighted by Gasteiger charge is 2.07. The Hall–Kier alpha value is -1.06. The van der Waals surface area contributed by atoms with E-state index in [0.29, 0.717) is 19.1 Å². The van der Waals surface area contributed by atoms with Gasteiger partial charge in [0.15, 0.2) is 0 Å². The van der Waals surface area contributed by atoms with E-state index in [4.69, 9.17) is 4.74 Å². The molecule has 88 valence electrons. The van der Waals surface area contributed by atoms with Gasteiger partial charge in [-0.25, -0.2) is 0 Å². The molecule has 0 aromatic heterocycles. The van der Waals surface area contributed by atoms with Crippen molar-refractivity contribution < 1.29 is 14.3 Å². The van der Waals surface area contributed by atoms with E-state index < -0.39 is 0 Å². The lowest BCUT2D eigenvalue weighted by Gasteiger charge is -2.09. The lowest BCUT2D eigenvalue weighted by molar-refractivity contribution is -0.144. The van der Waals surface area contributed by atoms with E-state index in [9.17, 15) is 9.59 Å². The predicted molar refractivity (Wildman–Crippen MR) is 58.3 cm³/mol. The lowest BCUT2D eigenvalue weighted by atomic mass is 10.1. The van der Waals surface area contributed by atoms with E-state index in [1.54, 1.807) is 6.92 Å². The maximum Gasteiger partial charge on any atom is 0.306 e. The third-order valence-corrected chi connectivity index (χ3v) is 2.21. The Balaban J connectivity index is 3.53. The molecule has 0 heterocycles. The van der Waals surface area contributed by atoms with Gasteiger partial charge in [0.1, 0.15) is 0 Å².